The van der Waals surface area contributed by atoms with Gasteiger partial charge < -0.3 is 9.64 Å². The van der Waals surface area contributed by atoms with E-state index in [2.05, 4.69) is 12.6 Å². The predicted molar refractivity (Wildman–Crippen MR) is 89.8 cm³/mol. The van der Waals surface area contributed by atoms with Gasteiger partial charge in [-0.15, -0.1) is 6.58 Å². The number of hydrogen-bond donors (Lipinski definition) is 0. The Labute approximate surface area is 138 Å². The highest BCUT2D eigenvalue weighted by Gasteiger charge is 2.37. The molecule has 2 rings (SSSR count). The van der Waals surface area contributed by atoms with Crippen LogP contribution >= 0.6 is 0 Å². The van der Waals surface area contributed by atoms with E-state index in [4.69, 9.17) is 10.00 Å². The van der Waals surface area contributed by atoms with Crippen LogP contribution in [-0.2, 0) is 4.74 Å². The van der Waals surface area contributed by atoms with Gasteiger partial charge >= 0.3 is 6.09 Å². The molecule has 23 heavy (non-hydrogen) atoms. The van der Waals surface area contributed by atoms with Crippen LogP contribution in [0.5, 0.6) is 0 Å². The summed E-state index contributed by atoms with van der Waals surface area (Å²) in [5, 5.41) is 8.93. The normalized spacial score (nSPS) is 20.9. The van der Waals surface area contributed by atoms with Gasteiger partial charge in [-0.25, -0.2) is 4.79 Å². The molecule has 1 saturated heterocycles. The fourth-order valence-corrected chi connectivity index (χ4v) is 2.95. The second kappa shape index (κ2) is 6.87. The Morgan fingerprint density at radius 1 is 1.43 bits per heavy atom. The zero-order valence-corrected chi connectivity index (χ0v) is 14.1. The van der Waals surface area contributed by atoms with Gasteiger partial charge in [0.2, 0.25) is 0 Å². The van der Waals surface area contributed by atoms with Crippen LogP contribution in [-0.4, -0.2) is 23.1 Å². The highest BCUT2D eigenvalue weighted by molar-refractivity contribution is 5.69. The minimum atomic E-state index is -0.511. The number of nitrogens with zero attached hydrogens (tertiary/aromatic N) is 2. The zero-order chi connectivity index (χ0) is 17.0. The van der Waals surface area contributed by atoms with Crippen LogP contribution in [0, 0.1) is 17.2 Å². The largest absolute Gasteiger partial charge is 0.444 e. The van der Waals surface area contributed by atoms with E-state index in [1.54, 1.807) is 17.0 Å². The highest BCUT2D eigenvalue weighted by Crippen LogP contribution is 2.38. The first-order valence-electron chi connectivity index (χ1n) is 7.94. The topological polar surface area (TPSA) is 53.3 Å². The maximum Gasteiger partial charge on any atom is 0.410 e. The van der Waals surface area contributed by atoms with Crippen LogP contribution in [0.15, 0.2) is 36.9 Å². The quantitative estimate of drug-likeness (QED) is 0.776. The standard InChI is InChI=1S/C19H24N2O2/c1-5-6-15-11-17(16-9-7-14(12-20)8-10-16)21(13-15)18(22)23-19(2,3)4/h5,7-10,15,17H,1,6,11,13H2,2-4H3/t15-,17+/m0/s1. The zero-order valence-electron chi connectivity index (χ0n) is 14.1. The summed E-state index contributed by atoms with van der Waals surface area (Å²) in [5.41, 5.74) is 1.16. The number of carbonyl (C=O) groups excluding carboxylic acids is 1. The molecular formula is C19H24N2O2. The molecule has 0 radical (unpaired) electrons. The first-order chi connectivity index (χ1) is 10.8. The number of amides is 1. The van der Waals surface area contributed by atoms with E-state index in [1.165, 1.54) is 0 Å². The Morgan fingerprint density at radius 2 is 2.09 bits per heavy atom. The molecule has 0 spiro atoms. The minimum Gasteiger partial charge on any atom is -0.444 e. The number of allylic oxidation sites excluding steroid dienone is 1. The van der Waals surface area contributed by atoms with E-state index < -0.39 is 5.60 Å². The molecule has 2 atom stereocenters. The number of rotatable bonds is 3. The predicted octanol–water partition coefficient (Wildman–Crippen LogP) is 4.43. The summed E-state index contributed by atoms with van der Waals surface area (Å²) in [6.07, 6.45) is 3.39. The van der Waals surface area contributed by atoms with Crippen molar-refractivity contribution < 1.29 is 9.53 Å². The van der Waals surface area contributed by atoms with Crippen LogP contribution < -0.4 is 0 Å². The number of ether oxygens (including phenoxy) is 1. The first-order valence-corrected chi connectivity index (χ1v) is 7.94. The SMILES string of the molecule is C=CC[C@H]1C[C@H](c2ccc(C#N)cc2)N(C(=O)OC(C)(C)C)C1. The summed E-state index contributed by atoms with van der Waals surface area (Å²) in [7, 11) is 0. The maximum absolute atomic E-state index is 12.5. The van der Waals surface area contributed by atoms with E-state index in [0.717, 1.165) is 18.4 Å². The molecule has 0 unspecified atom stereocenters. The van der Waals surface area contributed by atoms with Crippen LogP contribution in [0.3, 0.4) is 0 Å². The molecule has 1 heterocycles. The molecule has 1 fully saturated rings. The monoisotopic (exact) mass is 312 g/mol. The smallest absolute Gasteiger partial charge is 0.410 e. The van der Waals surface area contributed by atoms with Crippen LogP contribution in [0.4, 0.5) is 4.79 Å². The number of likely N-dealkylation sites (tertiary alicyclic amines) is 1. The molecule has 1 amide bonds. The Morgan fingerprint density at radius 3 is 2.61 bits per heavy atom. The number of benzene rings is 1. The van der Waals surface area contributed by atoms with Gasteiger partial charge in [-0.1, -0.05) is 18.2 Å². The first kappa shape index (κ1) is 17.1. The van der Waals surface area contributed by atoms with E-state index in [-0.39, 0.29) is 12.1 Å². The highest BCUT2D eigenvalue weighted by atomic mass is 16.6. The average molecular weight is 312 g/mol. The number of nitriles is 1. The molecule has 0 bridgehead atoms. The third kappa shape index (κ3) is 4.35. The van der Waals surface area contributed by atoms with Gasteiger partial charge in [-0.3, -0.25) is 0 Å². The van der Waals surface area contributed by atoms with E-state index >= 15 is 0 Å². The molecule has 4 nitrogen and oxygen atoms in total. The Kier molecular flexibility index (Phi) is 5.10. The van der Waals surface area contributed by atoms with Crippen molar-refractivity contribution in [2.24, 2.45) is 5.92 Å². The van der Waals surface area contributed by atoms with Gasteiger partial charge in [0.25, 0.3) is 0 Å². The fraction of sp³-hybridized carbons (Fsp3) is 0.474. The van der Waals surface area contributed by atoms with Crippen LogP contribution in [0.25, 0.3) is 0 Å². The lowest BCUT2D eigenvalue weighted by atomic mass is 9.97. The molecule has 1 aromatic rings. The van der Waals surface area contributed by atoms with Gasteiger partial charge in [-0.05, 0) is 57.2 Å². The van der Waals surface area contributed by atoms with Crippen molar-refractivity contribution in [1.82, 2.24) is 4.90 Å². The molecule has 122 valence electrons. The van der Waals surface area contributed by atoms with Gasteiger partial charge in [0, 0.05) is 6.54 Å². The summed E-state index contributed by atoms with van der Waals surface area (Å²) >= 11 is 0. The Hall–Kier alpha value is -2.28. The summed E-state index contributed by atoms with van der Waals surface area (Å²) in [6.45, 7) is 10.1. The van der Waals surface area contributed by atoms with Crippen molar-refractivity contribution in [3.05, 3.63) is 48.0 Å². The maximum atomic E-state index is 12.5. The van der Waals surface area contributed by atoms with Gasteiger partial charge in [0.05, 0.1) is 17.7 Å². The molecule has 0 aliphatic carbocycles. The summed E-state index contributed by atoms with van der Waals surface area (Å²) < 4.78 is 5.55. The van der Waals surface area contributed by atoms with Gasteiger partial charge in [-0.2, -0.15) is 5.26 Å². The van der Waals surface area contributed by atoms with Crippen molar-refractivity contribution >= 4 is 6.09 Å². The molecule has 1 aliphatic heterocycles. The van der Waals surface area contributed by atoms with Gasteiger partial charge in [0.1, 0.15) is 5.60 Å². The summed E-state index contributed by atoms with van der Waals surface area (Å²) in [5.74, 6) is 0.390. The molecule has 0 N–H and O–H groups in total. The molecule has 0 saturated carbocycles. The third-order valence-electron chi connectivity index (χ3n) is 3.94. The van der Waals surface area contributed by atoms with Crippen molar-refractivity contribution in [3.63, 3.8) is 0 Å². The van der Waals surface area contributed by atoms with E-state index in [0.29, 0.717) is 18.0 Å². The number of hydrogen-bond acceptors (Lipinski definition) is 3. The third-order valence-corrected chi connectivity index (χ3v) is 3.94. The lowest BCUT2D eigenvalue weighted by Crippen LogP contribution is -2.36. The molecular weight excluding hydrogens is 288 g/mol. The second-order valence-corrected chi connectivity index (χ2v) is 7.01. The summed E-state index contributed by atoms with van der Waals surface area (Å²) in [4.78, 5) is 14.3. The second-order valence-electron chi connectivity index (χ2n) is 7.01. The van der Waals surface area contributed by atoms with Crippen molar-refractivity contribution in [2.45, 2.75) is 45.3 Å². The summed E-state index contributed by atoms with van der Waals surface area (Å²) in [6, 6.07) is 9.55. The lowest BCUT2D eigenvalue weighted by molar-refractivity contribution is 0.0219. The Bertz CT molecular complexity index is 608. The fourth-order valence-electron chi connectivity index (χ4n) is 2.95. The van der Waals surface area contributed by atoms with Crippen molar-refractivity contribution in [1.29, 1.82) is 5.26 Å². The van der Waals surface area contributed by atoms with Crippen LogP contribution in [0.1, 0.15) is 50.8 Å². The Balaban J connectivity index is 2.23. The van der Waals surface area contributed by atoms with Crippen molar-refractivity contribution in [3.8, 4) is 6.07 Å². The van der Waals surface area contributed by atoms with Crippen molar-refractivity contribution in [2.75, 3.05) is 6.54 Å². The molecule has 4 heteroatoms. The van der Waals surface area contributed by atoms with Gasteiger partial charge in [0.15, 0.2) is 0 Å². The van der Waals surface area contributed by atoms with E-state index in [9.17, 15) is 4.79 Å². The number of carbonyl (C=O) groups is 1. The molecule has 1 aliphatic rings. The molecule has 0 aromatic heterocycles. The molecule has 1 aromatic carbocycles. The minimum absolute atomic E-state index is 0.0115. The lowest BCUT2D eigenvalue weighted by Gasteiger charge is -2.28. The van der Waals surface area contributed by atoms with Crippen LogP contribution in [0.2, 0.25) is 0 Å². The van der Waals surface area contributed by atoms with E-state index in [1.807, 2.05) is 39.0 Å². The average Bonchev–Trinajstić information content (AvgIpc) is 2.90.